The molecular weight excluding hydrogens is 180 g/mol. The van der Waals surface area contributed by atoms with Crippen LogP contribution in [-0.2, 0) is 4.74 Å². The Bertz CT molecular complexity index is 289. The number of nitrogen functional groups attached to an aromatic ring is 1. The Kier molecular flexibility index (Phi) is 4.07. The molecule has 1 rings (SSSR count). The van der Waals surface area contributed by atoms with Gasteiger partial charge in [0.05, 0.1) is 19.4 Å². The van der Waals surface area contributed by atoms with Crippen molar-refractivity contribution in [2.45, 2.75) is 0 Å². The van der Waals surface area contributed by atoms with E-state index in [-0.39, 0.29) is 0 Å². The zero-order valence-corrected chi connectivity index (χ0v) is 8.54. The van der Waals surface area contributed by atoms with Gasteiger partial charge in [-0.2, -0.15) is 0 Å². The molecule has 4 heteroatoms. The van der Waals surface area contributed by atoms with Crippen LogP contribution in [0.15, 0.2) is 18.2 Å². The van der Waals surface area contributed by atoms with Crippen LogP contribution in [0.1, 0.15) is 0 Å². The highest BCUT2D eigenvalue weighted by molar-refractivity contribution is 5.62. The van der Waals surface area contributed by atoms with Crippen molar-refractivity contribution in [3.8, 4) is 5.75 Å². The van der Waals surface area contributed by atoms with Crippen molar-refractivity contribution < 1.29 is 9.47 Å². The van der Waals surface area contributed by atoms with Gasteiger partial charge in [-0.3, -0.25) is 0 Å². The molecule has 0 radical (unpaired) electrons. The van der Waals surface area contributed by atoms with E-state index in [0.717, 1.165) is 12.2 Å². The van der Waals surface area contributed by atoms with E-state index in [0.29, 0.717) is 18.0 Å². The molecule has 0 amide bonds. The van der Waals surface area contributed by atoms with Gasteiger partial charge in [0.25, 0.3) is 0 Å². The lowest BCUT2D eigenvalue weighted by atomic mass is 10.2. The molecule has 1 aromatic rings. The van der Waals surface area contributed by atoms with Gasteiger partial charge in [0, 0.05) is 19.3 Å². The largest absolute Gasteiger partial charge is 0.495 e. The van der Waals surface area contributed by atoms with E-state index in [4.69, 9.17) is 15.2 Å². The average Bonchev–Trinajstić information content (AvgIpc) is 2.18. The molecule has 0 unspecified atom stereocenters. The molecule has 0 atom stereocenters. The molecule has 0 aromatic heterocycles. The third kappa shape index (κ3) is 2.81. The molecule has 0 saturated heterocycles. The number of hydrogen-bond acceptors (Lipinski definition) is 4. The summed E-state index contributed by atoms with van der Waals surface area (Å²) in [5.41, 5.74) is 7.35. The molecule has 0 bridgehead atoms. The second-order valence-electron chi connectivity index (χ2n) is 2.88. The summed E-state index contributed by atoms with van der Waals surface area (Å²) >= 11 is 0. The minimum Gasteiger partial charge on any atom is -0.495 e. The van der Waals surface area contributed by atoms with Crippen molar-refractivity contribution in [2.24, 2.45) is 0 Å². The summed E-state index contributed by atoms with van der Waals surface area (Å²) in [6.45, 7) is 1.44. The molecule has 4 nitrogen and oxygen atoms in total. The number of benzene rings is 1. The fraction of sp³-hybridized carbons (Fsp3) is 0.400. The SMILES string of the molecule is COCCNc1ccc(OC)c(N)c1. The van der Waals surface area contributed by atoms with Gasteiger partial charge in [-0.1, -0.05) is 0 Å². The quantitative estimate of drug-likeness (QED) is 0.551. The minimum absolute atomic E-state index is 0.634. The van der Waals surface area contributed by atoms with Gasteiger partial charge in [0.15, 0.2) is 0 Å². The molecule has 0 saturated carbocycles. The van der Waals surface area contributed by atoms with Crippen molar-refractivity contribution in [3.63, 3.8) is 0 Å². The molecule has 78 valence electrons. The van der Waals surface area contributed by atoms with E-state index >= 15 is 0 Å². The van der Waals surface area contributed by atoms with E-state index < -0.39 is 0 Å². The molecule has 0 aliphatic carbocycles. The topological polar surface area (TPSA) is 56.5 Å². The van der Waals surface area contributed by atoms with E-state index in [1.807, 2.05) is 18.2 Å². The third-order valence-corrected chi connectivity index (χ3v) is 1.87. The van der Waals surface area contributed by atoms with Gasteiger partial charge in [0.1, 0.15) is 5.75 Å². The smallest absolute Gasteiger partial charge is 0.141 e. The Morgan fingerprint density at radius 1 is 1.36 bits per heavy atom. The maximum atomic E-state index is 5.74. The maximum Gasteiger partial charge on any atom is 0.141 e. The molecule has 1 aromatic carbocycles. The first-order valence-corrected chi connectivity index (χ1v) is 4.44. The first-order chi connectivity index (χ1) is 6.77. The van der Waals surface area contributed by atoms with E-state index in [1.54, 1.807) is 14.2 Å². The zero-order chi connectivity index (χ0) is 10.4. The fourth-order valence-electron chi connectivity index (χ4n) is 1.14. The molecule has 0 heterocycles. The summed E-state index contributed by atoms with van der Waals surface area (Å²) in [5.74, 6) is 0.697. The first kappa shape index (κ1) is 10.7. The molecule has 3 N–H and O–H groups in total. The number of anilines is 2. The molecular formula is C10H16N2O2. The van der Waals surface area contributed by atoms with Crippen LogP contribution in [-0.4, -0.2) is 27.4 Å². The minimum atomic E-state index is 0.634. The summed E-state index contributed by atoms with van der Waals surface area (Å²) in [7, 11) is 3.27. The lowest BCUT2D eigenvalue weighted by molar-refractivity contribution is 0.211. The van der Waals surface area contributed by atoms with Crippen LogP contribution in [0.25, 0.3) is 0 Å². The van der Waals surface area contributed by atoms with Gasteiger partial charge in [-0.05, 0) is 18.2 Å². The Morgan fingerprint density at radius 2 is 2.14 bits per heavy atom. The summed E-state index contributed by atoms with van der Waals surface area (Å²) in [5, 5.41) is 3.18. The van der Waals surface area contributed by atoms with Gasteiger partial charge >= 0.3 is 0 Å². The maximum absolute atomic E-state index is 5.74. The highest BCUT2D eigenvalue weighted by Gasteiger charge is 1.99. The van der Waals surface area contributed by atoms with Crippen LogP contribution in [0.2, 0.25) is 0 Å². The van der Waals surface area contributed by atoms with Crippen LogP contribution in [0, 0.1) is 0 Å². The molecule has 0 aliphatic heterocycles. The summed E-state index contributed by atoms with van der Waals surface area (Å²) in [4.78, 5) is 0. The van der Waals surface area contributed by atoms with E-state index in [1.165, 1.54) is 0 Å². The first-order valence-electron chi connectivity index (χ1n) is 4.44. The second-order valence-corrected chi connectivity index (χ2v) is 2.88. The van der Waals surface area contributed by atoms with Crippen molar-refractivity contribution in [3.05, 3.63) is 18.2 Å². The highest BCUT2D eigenvalue weighted by Crippen LogP contribution is 2.24. The predicted molar refractivity (Wildman–Crippen MR) is 57.8 cm³/mol. The van der Waals surface area contributed by atoms with Crippen molar-refractivity contribution in [1.29, 1.82) is 0 Å². The van der Waals surface area contributed by atoms with Crippen LogP contribution < -0.4 is 15.8 Å². The number of ether oxygens (including phenoxy) is 2. The van der Waals surface area contributed by atoms with Crippen molar-refractivity contribution in [2.75, 3.05) is 38.4 Å². The molecule has 0 fully saturated rings. The standard InChI is InChI=1S/C10H16N2O2/c1-13-6-5-12-8-3-4-10(14-2)9(11)7-8/h3-4,7,12H,5-6,11H2,1-2H3. The zero-order valence-electron chi connectivity index (χ0n) is 8.54. The Hall–Kier alpha value is -1.42. The molecule has 0 aliphatic rings. The number of nitrogens with one attached hydrogen (secondary N) is 1. The fourth-order valence-corrected chi connectivity index (χ4v) is 1.14. The van der Waals surface area contributed by atoms with Crippen LogP contribution >= 0.6 is 0 Å². The lowest BCUT2D eigenvalue weighted by Gasteiger charge is -2.08. The Labute approximate surface area is 84.0 Å². The van der Waals surface area contributed by atoms with Gasteiger partial charge in [0.2, 0.25) is 0 Å². The normalized spacial score (nSPS) is 9.86. The van der Waals surface area contributed by atoms with E-state index in [9.17, 15) is 0 Å². The van der Waals surface area contributed by atoms with Crippen LogP contribution in [0.3, 0.4) is 0 Å². The number of nitrogens with two attached hydrogens (primary N) is 1. The highest BCUT2D eigenvalue weighted by atomic mass is 16.5. The van der Waals surface area contributed by atoms with Crippen molar-refractivity contribution in [1.82, 2.24) is 0 Å². The van der Waals surface area contributed by atoms with Crippen LogP contribution in [0.5, 0.6) is 5.75 Å². The summed E-state index contributed by atoms with van der Waals surface area (Å²) in [6, 6.07) is 5.60. The van der Waals surface area contributed by atoms with Crippen LogP contribution in [0.4, 0.5) is 11.4 Å². The number of hydrogen-bond donors (Lipinski definition) is 2. The summed E-state index contributed by atoms with van der Waals surface area (Å²) in [6.07, 6.45) is 0. The number of rotatable bonds is 5. The Morgan fingerprint density at radius 3 is 2.71 bits per heavy atom. The monoisotopic (exact) mass is 196 g/mol. The average molecular weight is 196 g/mol. The lowest BCUT2D eigenvalue weighted by Crippen LogP contribution is -2.07. The molecule has 14 heavy (non-hydrogen) atoms. The predicted octanol–water partition coefficient (Wildman–Crippen LogP) is 1.34. The van der Waals surface area contributed by atoms with Gasteiger partial charge < -0.3 is 20.5 Å². The second kappa shape index (κ2) is 5.34. The van der Waals surface area contributed by atoms with Gasteiger partial charge in [-0.15, -0.1) is 0 Å². The third-order valence-electron chi connectivity index (χ3n) is 1.87. The summed E-state index contributed by atoms with van der Waals surface area (Å²) < 4.78 is 9.97. The molecule has 0 spiro atoms. The van der Waals surface area contributed by atoms with Gasteiger partial charge in [-0.25, -0.2) is 0 Å². The Balaban J connectivity index is 2.57. The van der Waals surface area contributed by atoms with Crippen molar-refractivity contribution >= 4 is 11.4 Å². The van der Waals surface area contributed by atoms with E-state index in [2.05, 4.69) is 5.32 Å². The number of methoxy groups -OCH3 is 2.